The molecule has 8 heteroatoms. The fourth-order valence-electron chi connectivity index (χ4n) is 5.24. The molecule has 2 amide bonds. The molecule has 0 spiro atoms. The summed E-state index contributed by atoms with van der Waals surface area (Å²) in [5.41, 5.74) is 2.55. The van der Waals surface area contributed by atoms with E-state index >= 15 is 0 Å². The van der Waals surface area contributed by atoms with Crippen molar-refractivity contribution in [2.75, 3.05) is 24.6 Å². The van der Waals surface area contributed by atoms with E-state index in [2.05, 4.69) is 25.1 Å². The summed E-state index contributed by atoms with van der Waals surface area (Å²) in [5, 5.41) is 4.26. The van der Waals surface area contributed by atoms with Crippen LogP contribution in [0.4, 0.5) is 5.69 Å². The molecule has 3 heterocycles. The number of benzene rings is 2. The van der Waals surface area contributed by atoms with Crippen LogP contribution in [0, 0.1) is 0 Å². The first-order valence-corrected chi connectivity index (χ1v) is 12.6. The quantitative estimate of drug-likeness (QED) is 0.490. The van der Waals surface area contributed by atoms with Crippen molar-refractivity contribution in [3.8, 4) is 17.2 Å². The number of fused-ring (bicyclic) bond motifs is 1. The van der Waals surface area contributed by atoms with Gasteiger partial charge in [0.2, 0.25) is 5.91 Å². The fraction of sp³-hybridized carbons (Fsp3) is 0.429. The lowest BCUT2D eigenvalue weighted by Gasteiger charge is -2.38. The minimum absolute atomic E-state index is 0.0350. The standard InChI is InChI=1S/C28H32N4O4/c1-4-31-23-16-19(13-14-21(23)28(2,3)17-24(31)33)27-29-26(30-36-27)22-12-8-9-15-32(22)25(34)18-35-20-10-6-5-7-11-20/h5-7,10-11,13-14,16,22H,4,8-9,12,15,17-18H2,1-3H3/t22-/m1/s1. The maximum Gasteiger partial charge on any atom is 0.261 e. The van der Waals surface area contributed by atoms with Crippen LogP contribution in [0.1, 0.15) is 63.9 Å². The molecule has 0 radical (unpaired) electrons. The Morgan fingerprint density at radius 1 is 1.17 bits per heavy atom. The van der Waals surface area contributed by atoms with Gasteiger partial charge in [0.1, 0.15) is 5.75 Å². The maximum atomic E-state index is 13.0. The maximum absolute atomic E-state index is 13.0. The lowest BCUT2D eigenvalue weighted by molar-refractivity contribution is -0.137. The summed E-state index contributed by atoms with van der Waals surface area (Å²) in [7, 11) is 0. The summed E-state index contributed by atoms with van der Waals surface area (Å²) < 4.78 is 11.4. The number of amides is 2. The molecule has 5 rings (SSSR count). The van der Waals surface area contributed by atoms with Crippen LogP contribution in [0.15, 0.2) is 53.1 Å². The number of nitrogens with zero attached hydrogens (tertiary/aromatic N) is 4. The van der Waals surface area contributed by atoms with Crippen molar-refractivity contribution in [2.45, 2.75) is 57.9 Å². The summed E-state index contributed by atoms with van der Waals surface area (Å²) in [5.74, 6) is 1.57. The molecule has 0 saturated carbocycles. The second-order valence-corrected chi connectivity index (χ2v) is 10.1. The molecule has 36 heavy (non-hydrogen) atoms. The van der Waals surface area contributed by atoms with Crippen LogP contribution in [0.5, 0.6) is 5.75 Å². The number of carbonyl (C=O) groups excluding carboxylic acids is 2. The summed E-state index contributed by atoms with van der Waals surface area (Å²) in [6.07, 6.45) is 3.17. The number of piperidine rings is 1. The van der Waals surface area contributed by atoms with Gasteiger partial charge in [0, 0.05) is 36.2 Å². The fourth-order valence-corrected chi connectivity index (χ4v) is 5.24. The van der Waals surface area contributed by atoms with Crippen molar-refractivity contribution in [3.05, 3.63) is 59.9 Å². The predicted octanol–water partition coefficient (Wildman–Crippen LogP) is 4.90. The van der Waals surface area contributed by atoms with Crippen molar-refractivity contribution in [1.29, 1.82) is 0 Å². The van der Waals surface area contributed by atoms with Gasteiger partial charge in [-0.15, -0.1) is 0 Å². The molecule has 2 aromatic carbocycles. The minimum Gasteiger partial charge on any atom is -0.484 e. The number of rotatable bonds is 6. The molecule has 0 bridgehead atoms. The van der Waals surface area contributed by atoms with Crippen LogP contribution in [0.3, 0.4) is 0 Å². The minimum atomic E-state index is -0.256. The zero-order chi connectivity index (χ0) is 25.3. The zero-order valence-electron chi connectivity index (χ0n) is 21.1. The Bertz CT molecular complexity index is 1250. The highest BCUT2D eigenvalue weighted by Crippen LogP contribution is 2.42. The van der Waals surface area contributed by atoms with Gasteiger partial charge in [-0.2, -0.15) is 4.98 Å². The molecule has 0 aliphatic carbocycles. The molecule has 188 valence electrons. The highest BCUT2D eigenvalue weighted by atomic mass is 16.5. The summed E-state index contributed by atoms with van der Waals surface area (Å²) in [6.45, 7) is 7.37. The number of likely N-dealkylation sites (tertiary alicyclic amines) is 1. The summed E-state index contributed by atoms with van der Waals surface area (Å²) in [6, 6.07) is 15.1. The van der Waals surface area contributed by atoms with Gasteiger partial charge in [-0.1, -0.05) is 43.3 Å². The molecule has 1 fully saturated rings. The van der Waals surface area contributed by atoms with Crippen molar-refractivity contribution in [3.63, 3.8) is 0 Å². The average Bonchev–Trinajstić information content (AvgIpc) is 3.38. The smallest absolute Gasteiger partial charge is 0.261 e. The largest absolute Gasteiger partial charge is 0.484 e. The van der Waals surface area contributed by atoms with E-state index in [9.17, 15) is 9.59 Å². The van der Waals surface area contributed by atoms with Crippen LogP contribution in [-0.2, 0) is 15.0 Å². The number of anilines is 1. The molecule has 0 N–H and O–H groups in total. The van der Waals surface area contributed by atoms with Gasteiger partial charge in [-0.3, -0.25) is 9.59 Å². The van der Waals surface area contributed by atoms with Crippen LogP contribution >= 0.6 is 0 Å². The van der Waals surface area contributed by atoms with Gasteiger partial charge in [0.25, 0.3) is 11.8 Å². The predicted molar refractivity (Wildman–Crippen MR) is 136 cm³/mol. The van der Waals surface area contributed by atoms with Gasteiger partial charge in [-0.05, 0) is 56.0 Å². The molecule has 1 aromatic heterocycles. The number of aromatic nitrogens is 2. The van der Waals surface area contributed by atoms with Crippen LogP contribution < -0.4 is 9.64 Å². The third kappa shape index (κ3) is 4.59. The van der Waals surface area contributed by atoms with Gasteiger partial charge in [0.05, 0.1) is 6.04 Å². The Kier molecular flexibility index (Phi) is 6.51. The molecule has 3 aromatic rings. The van der Waals surface area contributed by atoms with Gasteiger partial charge in [-0.25, -0.2) is 0 Å². The van der Waals surface area contributed by atoms with Crippen molar-refractivity contribution >= 4 is 17.5 Å². The second kappa shape index (κ2) is 9.76. The highest BCUT2D eigenvalue weighted by molar-refractivity contribution is 5.98. The Labute approximate surface area is 211 Å². The molecule has 2 aliphatic heterocycles. The van der Waals surface area contributed by atoms with Gasteiger partial charge < -0.3 is 19.1 Å². The first-order valence-electron chi connectivity index (χ1n) is 12.6. The SMILES string of the molecule is CCN1C(=O)CC(C)(C)c2ccc(-c3nc([C@H]4CCCCN4C(=O)COc4ccccc4)no3)cc21. The third-order valence-electron chi connectivity index (χ3n) is 7.14. The van der Waals surface area contributed by atoms with Gasteiger partial charge in [0.15, 0.2) is 12.4 Å². The van der Waals surface area contributed by atoms with E-state index in [-0.39, 0.29) is 29.9 Å². The van der Waals surface area contributed by atoms with E-state index in [1.54, 1.807) is 4.90 Å². The zero-order valence-corrected chi connectivity index (χ0v) is 21.1. The second-order valence-electron chi connectivity index (χ2n) is 10.1. The van der Waals surface area contributed by atoms with E-state index in [1.165, 1.54) is 0 Å². The highest BCUT2D eigenvalue weighted by Gasteiger charge is 2.37. The van der Waals surface area contributed by atoms with Crippen molar-refractivity contribution < 1.29 is 18.8 Å². The molecular weight excluding hydrogens is 456 g/mol. The van der Waals surface area contributed by atoms with Crippen LogP contribution in [0.25, 0.3) is 11.5 Å². The number of carbonyl (C=O) groups is 2. The molecule has 8 nitrogen and oxygen atoms in total. The first kappa shape index (κ1) is 24.0. The Balaban J connectivity index is 1.37. The molecule has 1 atom stereocenters. The van der Waals surface area contributed by atoms with Crippen molar-refractivity contribution in [1.82, 2.24) is 15.0 Å². The first-order chi connectivity index (χ1) is 17.4. The monoisotopic (exact) mass is 488 g/mol. The Hall–Kier alpha value is -3.68. The van der Waals surface area contributed by atoms with E-state index < -0.39 is 0 Å². The lowest BCUT2D eigenvalue weighted by atomic mass is 9.77. The molecule has 0 unspecified atom stereocenters. The van der Waals surface area contributed by atoms with E-state index in [0.717, 1.165) is 36.1 Å². The number of hydrogen-bond donors (Lipinski definition) is 0. The molecular formula is C28H32N4O4. The van der Waals surface area contributed by atoms with Gasteiger partial charge >= 0.3 is 0 Å². The van der Waals surface area contributed by atoms with E-state index in [0.29, 0.717) is 37.0 Å². The lowest BCUT2D eigenvalue weighted by Crippen LogP contribution is -2.41. The molecule has 1 saturated heterocycles. The van der Waals surface area contributed by atoms with E-state index in [1.807, 2.05) is 54.3 Å². The number of ether oxygens (including phenoxy) is 1. The number of para-hydroxylation sites is 1. The molecule has 2 aliphatic rings. The topological polar surface area (TPSA) is 88.8 Å². The van der Waals surface area contributed by atoms with Crippen LogP contribution in [0.2, 0.25) is 0 Å². The normalized spacial score (nSPS) is 19.2. The average molecular weight is 489 g/mol. The Morgan fingerprint density at radius 2 is 1.97 bits per heavy atom. The van der Waals surface area contributed by atoms with Crippen LogP contribution in [-0.4, -0.2) is 46.6 Å². The Morgan fingerprint density at radius 3 is 2.75 bits per heavy atom. The number of hydrogen-bond acceptors (Lipinski definition) is 6. The summed E-state index contributed by atoms with van der Waals surface area (Å²) in [4.78, 5) is 34.1. The van der Waals surface area contributed by atoms with Crippen molar-refractivity contribution in [2.24, 2.45) is 0 Å². The summed E-state index contributed by atoms with van der Waals surface area (Å²) >= 11 is 0. The third-order valence-corrected chi connectivity index (χ3v) is 7.14. The van der Waals surface area contributed by atoms with E-state index in [4.69, 9.17) is 14.2 Å².